The van der Waals surface area contributed by atoms with Gasteiger partial charge in [0, 0.05) is 29.6 Å². The average Bonchev–Trinajstić information content (AvgIpc) is 3.20. The van der Waals surface area contributed by atoms with Crippen molar-refractivity contribution >= 4 is 22.9 Å². The van der Waals surface area contributed by atoms with Crippen molar-refractivity contribution in [2.45, 2.75) is 12.1 Å². The Morgan fingerprint density at radius 3 is 2.47 bits per heavy atom. The number of carbonyl (C=O) groups is 2. The summed E-state index contributed by atoms with van der Waals surface area (Å²) in [7, 11) is 1.57. The first-order valence-electron chi connectivity index (χ1n) is 9.71. The number of nitrogens with one attached hydrogen (secondary N) is 3. The molecule has 3 aromatic rings. The van der Waals surface area contributed by atoms with Gasteiger partial charge in [-0.15, -0.1) is 0 Å². The number of amides is 2. The first-order chi connectivity index (χ1) is 15.3. The minimum absolute atomic E-state index is 0.201. The summed E-state index contributed by atoms with van der Waals surface area (Å²) in [5.74, 6) is -0.0949. The van der Waals surface area contributed by atoms with E-state index < -0.39 is 31.3 Å². The van der Waals surface area contributed by atoms with Crippen LogP contribution >= 0.6 is 0 Å². The highest BCUT2D eigenvalue weighted by Crippen LogP contribution is 2.31. The van der Waals surface area contributed by atoms with Gasteiger partial charge < -0.3 is 25.1 Å². The molecule has 170 valence electrons. The number of alkyl halides is 3. The lowest BCUT2D eigenvalue weighted by Crippen LogP contribution is -2.39. The molecular weight excluding hydrogens is 427 g/mol. The van der Waals surface area contributed by atoms with Gasteiger partial charge in [0.15, 0.2) is 6.61 Å². The zero-order valence-electron chi connectivity index (χ0n) is 17.2. The summed E-state index contributed by atoms with van der Waals surface area (Å²) in [5, 5.41) is 5.71. The van der Waals surface area contributed by atoms with E-state index >= 15 is 0 Å². The monoisotopic (exact) mass is 449 g/mol. The fourth-order valence-electron chi connectivity index (χ4n) is 3.26. The molecular formula is C22H22F3N3O4. The molecule has 3 N–H and O–H groups in total. The summed E-state index contributed by atoms with van der Waals surface area (Å²) in [6.45, 7) is -2.03. The van der Waals surface area contributed by atoms with Crippen LogP contribution in [0, 0.1) is 0 Å². The molecule has 1 heterocycles. The van der Waals surface area contributed by atoms with Crippen molar-refractivity contribution < 1.29 is 32.2 Å². The zero-order valence-corrected chi connectivity index (χ0v) is 17.2. The Morgan fingerprint density at radius 1 is 1.06 bits per heavy atom. The molecule has 10 heteroatoms. The second-order valence-corrected chi connectivity index (χ2v) is 6.96. The van der Waals surface area contributed by atoms with E-state index in [1.807, 2.05) is 60.0 Å². The number of rotatable bonds is 8. The molecule has 1 aromatic heterocycles. The molecule has 0 radical (unpaired) electrons. The molecule has 0 spiro atoms. The number of ether oxygens (including phenoxy) is 2. The molecule has 3 rings (SSSR count). The number of methoxy groups -OCH3 is 1. The van der Waals surface area contributed by atoms with Crippen molar-refractivity contribution in [2.75, 3.05) is 26.8 Å². The maximum atomic E-state index is 12.2. The third-order valence-electron chi connectivity index (χ3n) is 4.78. The van der Waals surface area contributed by atoms with Gasteiger partial charge in [0.05, 0.1) is 13.7 Å². The number of benzene rings is 2. The maximum Gasteiger partial charge on any atom is 0.422 e. The number of alkyl carbamates (subject to hydrolysis) is 1. The van der Waals surface area contributed by atoms with Gasteiger partial charge in [-0.25, -0.2) is 4.79 Å². The van der Waals surface area contributed by atoms with E-state index in [2.05, 4.69) is 15.0 Å². The van der Waals surface area contributed by atoms with Gasteiger partial charge in [-0.05, 0) is 29.3 Å². The molecule has 2 amide bonds. The van der Waals surface area contributed by atoms with E-state index in [0.717, 1.165) is 22.0 Å². The van der Waals surface area contributed by atoms with Crippen LogP contribution in [0.4, 0.5) is 18.0 Å². The first kappa shape index (κ1) is 23.0. The molecule has 0 aliphatic carbocycles. The van der Waals surface area contributed by atoms with Crippen LogP contribution in [-0.4, -0.2) is 50.0 Å². The molecule has 1 unspecified atom stereocenters. The number of hydrogen-bond donors (Lipinski definition) is 3. The smallest absolute Gasteiger partial charge is 0.422 e. The highest BCUT2D eigenvalue weighted by Gasteiger charge is 2.29. The number of H-pyrrole nitrogens is 1. The number of hydrogen-bond acceptors (Lipinski definition) is 4. The Balaban J connectivity index is 1.68. The molecule has 1 atom stereocenters. The fraction of sp³-hybridized carbons (Fsp3) is 0.273. The number of para-hydroxylation sites is 1. The number of halogens is 3. The third kappa shape index (κ3) is 6.16. The number of carbonyl (C=O) groups excluding carboxylic acids is 2. The van der Waals surface area contributed by atoms with E-state index in [1.165, 1.54) is 0 Å². The predicted molar refractivity (Wildman–Crippen MR) is 112 cm³/mol. The van der Waals surface area contributed by atoms with Crippen LogP contribution in [0.3, 0.4) is 0 Å². The Bertz CT molecular complexity index is 1060. The Hall–Kier alpha value is -3.69. The van der Waals surface area contributed by atoms with Crippen LogP contribution in [-0.2, 0) is 9.53 Å². The van der Waals surface area contributed by atoms with E-state index in [9.17, 15) is 22.8 Å². The standard InChI is InChI=1S/C22H22F3N3O4/c1-31-15-8-6-14(7-9-15)17(18-11-26-19-5-3-2-4-16(18)19)10-27-20(29)12-28-21(30)32-13-22(23,24)25/h2-9,11,17,26H,10,12-13H2,1H3,(H,27,29)(H,28,30). The summed E-state index contributed by atoms with van der Waals surface area (Å²) in [6.07, 6.45) is -4.08. The minimum Gasteiger partial charge on any atom is -0.497 e. The largest absolute Gasteiger partial charge is 0.497 e. The molecule has 0 bridgehead atoms. The highest BCUT2D eigenvalue weighted by molar-refractivity contribution is 5.85. The van der Waals surface area contributed by atoms with Gasteiger partial charge >= 0.3 is 12.3 Å². The van der Waals surface area contributed by atoms with Gasteiger partial charge in [-0.1, -0.05) is 30.3 Å². The van der Waals surface area contributed by atoms with Gasteiger partial charge in [0.2, 0.25) is 5.91 Å². The van der Waals surface area contributed by atoms with Crippen LogP contribution in [0.5, 0.6) is 5.75 Å². The van der Waals surface area contributed by atoms with Crippen LogP contribution in [0.25, 0.3) is 10.9 Å². The van der Waals surface area contributed by atoms with Crippen LogP contribution < -0.4 is 15.4 Å². The van der Waals surface area contributed by atoms with Crippen LogP contribution in [0.2, 0.25) is 0 Å². The summed E-state index contributed by atoms with van der Waals surface area (Å²) in [4.78, 5) is 26.7. The molecule has 2 aromatic carbocycles. The first-order valence-corrected chi connectivity index (χ1v) is 9.71. The number of aromatic nitrogens is 1. The van der Waals surface area contributed by atoms with Crippen molar-refractivity contribution in [3.05, 3.63) is 65.9 Å². The van der Waals surface area contributed by atoms with E-state index in [0.29, 0.717) is 5.75 Å². The molecule has 7 nitrogen and oxygen atoms in total. The Kier molecular flexibility index (Phi) is 7.24. The molecule has 0 saturated heterocycles. The molecule has 0 aliphatic heterocycles. The second-order valence-electron chi connectivity index (χ2n) is 6.96. The van der Waals surface area contributed by atoms with Crippen molar-refractivity contribution in [2.24, 2.45) is 0 Å². The Labute approximate surface area is 181 Å². The summed E-state index contributed by atoms with van der Waals surface area (Å²) >= 11 is 0. The lowest BCUT2D eigenvalue weighted by molar-refractivity contribution is -0.160. The second kappa shape index (κ2) is 10.1. The van der Waals surface area contributed by atoms with Gasteiger partial charge in [-0.2, -0.15) is 13.2 Å². The van der Waals surface area contributed by atoms with E-state index in [1.54, 1.807) is 7.11 Å². The van der Waals surface area contributed by atoms with Crippen molar-refractivity contribution in [3.8, 4) is 5.75 Å². The lowest BCUT2D eigenvalue weighted by atomic mass is 9.91. The zero-order chi connectivity index (χ0) is 23.1. The molecule has 0 saturated carbocycles. The Morgan fingerprint density at radius 2 is 1.78 bits per heavy atom. The third-order valence-corrected chi connectivity index (χ3v) is 4.78. The van der Waals surface area contributed by atoms with Crippen molar-refractivity contribution in [1.29, 1.82) is 0 Å². The van der Waals surface area contributed by atoms with Crippen LogP contribution in [0.15, 0.2) is 54.7 Å². The quantitative estimate of drug-likeness (QED) is 0.489. The van der Waals surface area contributed by atoms with Crippen LogP contribution in [0.1, 0.15) is 17.0 Å². The average molecular weight is 449 g/mol. The van der Waals surface area contributed by atoms with E-state index in [4.69, 9.17) is 4.74 Å². The predicted octanol–water partition coefficient (Wildman–Crippen LogP) is 3.71. The fourth-order valence-corrected chi connectivity index (χ4v) is 3.26. The molecule has 0 fully saturated rings. The molecule has 32 heavy (non-hydrogen) atoms. The topological polar surface area (TPSA) is 92.5 Å². The summed E-state index contributed by atoms with van der Waals surface area (Å²) in [6, 6.07) is 15.2. The lowest BCUT2D eigenvalue weighted by Gasteiger charge is -2.19. The number of aromatic amines is 1. The minimum atomic E-state index is -4.63. The SMILES string of the molecule is COc1ccc(C(CNC(=O)CNC(=O)OCC(F)(F)F)c2c[nH]c3ccccc23)cc1. The van der Waals surface area contributed by atoms with E-state index in [-0.39, 0.29) is 12.5 Å². The number of fused-ring (bicyclic) bond motifs is 1. The van der Waals surface area contributed by atoms with Gasteiger partial charge in [0.1, 0.15) is 5.75 Å². The summed E-state index contributed by atoms with van der Waals surface area (Å²) < 4.78 is 45.5. The molecule has 0 aliphatic rings. The van der Waals surface area contributed by atoms with Crippen molar-refractivity contribution in [3.63, 3.8) is 0 Å². The van der Waals surface area contributed by atoms with Crippen molar-refractivity contribution in [1.82, 2.24) is 15.6 Å². The normalized spacial score (nSPS) is 12.2. The summed E-state index contributed by atoms with van der Waals surface area (Å²) in [5.41, 5.74) is 2.83. The highest BCUT2D eigenvalue weighted by atomic mass is 19.4. The van der Waals surface area contributed by atoms with Gasteiger partial charge in [-0.3, -0.25) is 4.79 Å². The maximum absolute atomic E-state index is 12.2. The van der Waals surface area contributed by atoms with Gasteiger partial charge in [0.25, 0.3) is 0 Å².